The van der Waals surface area contributed by atoms with Crippen LogP contribution in [-0.2, 0) is 9.59 Å². The third kappa shape index (κ3) is 5.65. The molecule has 4 aliphatic rings. The van der Waals surface area contributed by atoms with Crippen molar-refractivity contribution < 1.29 is 19.5 Å². The van der Waals surface area contributed by atoms with Crippen molar-refractivity contribution in [2.75, 3.05) is 50.9 Å². The number of aliphatic hydroxyl groups is 1. The molecule has 3 saturated heterocycles. The second-order valence-electron chi connectivity index (χ2n) is 12.7. The minimum absolute atomic E-state index is 0.0207. The van der Waals surface area contributed by atoms with E-state index < -0.39 is 5.54 Å². The number of likely N-dealkylation sites (tertiary alicyclic amines) is 2. The number of amides is 3. The molecule has 0 bridgehead atoms. The lowest BCUT2D eigenvalue weighted by Gasteiger charge is -2.43. The lowest BCUT2D eigenvalue weighted by molar-refractivity contribution is -0.142. The topological polar surface area (TPSA) is 84.4 Å². The van der Waals surface area contributed by atoms with Crippen LogP contribution in [0.1, 0.15) is 79.6 Å². The number of carbonyl (C=O) groups excluding carboxylic acids is 3. The number of aliphatic hydroxyl groups excluding tert-OH is 1. The van der Waals surface area contributed by atoms with Gasteiger partial charge in [-0.3, -0.25) is 14.4 Å². The van der Waals surface area contributed by atoms with Crippen molar-refractivity contribution in [2.45, 2.75) is 69.2 Å². The summed E-state index contributed by atoms with van der Waals surface area (Å²) in [6, 6.07) is 18.2. The Bertz CT molecular complexity index is 1250. The first kappa shape index (κ1) is 28.7. The molecule has 2 aromatic carbocycles. The highest BCUT2D eigenvalue weighted by molar-refractivity contribution is 5.97. The Morgan fingerprint density at radius 2 is 1.55 bits per heavy atom. The normalized spacial score (nSPS) is 23.1. The number of hydrogen-bond acceptors (Lipinski definition) is 5. The smallest absolute Gasteiger partial charge is 0.253 e. The van der Waals surface area contributed by atoms with Gasteiger partial charge in [-0.2, -0.15) is 0 Å². The number of hydrogen-bond donors (Lipinski definition) is 1. The van der Waals surface area contributed by atoms with Gasteiger partial charge in [0, 0.05) is 44.0 Å². The Balaban J connectivity index is 1.15. The molecule has 3 aliphatic heterocycles. The van der Waals surface area contributed by atoms with E-state index in [0.29, 0.717) is 57.2 Å². The van der Waals surface area contributed by atoms with Gasteiger partial charge in [-0.05, 0) is 80.2 Å². The van der Waals surface area contributed by atoms with Crippen molar-refractivity contribution >= 4 is 23.4 Å². The van der Waals surface area contributed by atoms with Crippen LogP contribution in [0, 0.1) is 5.92 Å². The lowest BCUT2D eigenvalue weighted by atomic mass is 9.83. The largest absolute Gasteiger partial charge is 0.396 e. The molecule has 0 aromatic heterocycles. The molecule has 1 atom stereocenters. The van der Waals surface area contributed by atoms with Crippen LogP contribution in [0.3, 0.4) is 0 Å². The van der Waals surface area contributed by atoms with Crippen LogP contribution in [0.2, 0.25) is 0 Å². The first-order valence-electron chi connectivity index (χ1n) is 15.9. The molecule has 3 amide bonds. The van der Waals surface area contributed by atoms with Crippen molar-refractivity contribution in [2.24, 2.45) is 5.92 Å². The third-order valence-electron chi connectivity index (χ3n) is 10.2. The minimum atomic E-state index is -0.779. The van der Waals surface area contributed by atoms with Crippen molar-refractivity contribution in [1.29, 1.82) is 0 Å². The second-order valence-corrected chi connectivity index (χ2v) is 12.7. The summed E-state index contributed by atoms with van der Waals surface area (Å²) >= 11 is 0. The number of para-hydroxylation sites is 1. The molecule has 0 radical (unpaired) electrons. The number of nitrogens with zero attached hydrogens (tertiary/aromatic N) is 4. The van der Waals surface area contributed by atoms with Crippen LogP contribution in [0.5, 0.6) is 0 Å². The van der Waals surface area contributed by atoms with Crippen LogP contribution < -0.4 is 4.90 Å². The number of rotatable bonds is 6. The molecule has 1 spiro atoms. The fraction of sp³-hybridized carbons (Fsp3) is 0.559. The van der Waals surface area contributed by atoms with E-state index in [-0.39, 0.29) is 36.8 Å². The summed E-state index contributed by atoms with van der Waals surface area (Å²) in [5.41, 5.74) is 2.22. The zero-order valence-corrected chi connectivity index (χ0v) is 24.6. The van der Waals surface area contributed by atoms with Gasteiger partial charge in [0.1, 0.15) is 12.1 Å². The predicted octanol–water partition coefficient (Wildman–Crippen LogP) is 4.25. The molecular weight excluding hydrogens is 528 g/mol. The van der Waals surface area contributed by atoms with Crippen LogP contribution in [0.15, 0.2) is 54.6 Å². The fourth-order valence-electron chi connectivity index (χ4n) is 7.62. The van der Waals surface area contributed by atoms with Gasteiger partial charge in [0.2, 0.25) is 5.91 Å². The molecule has 4 fully saturated rings. The van der Waals surface area contributed by atoms with Gasteiger partial charge in [0.25, 0.3) is 11.8 Å². The van der Waals surface area contributed by atoms with E-state index in [9.17, 15) is 19.5 Å². The predicted molar refractivity (Wildman–Crippen MR) is 162 cm³/mol. The summed E-state index contributed by atoms with van der Waals surface area (Å²) in [5.74, 6) is 0.646. The summed E-state index contributed by atoms with van der Waals surface area (Å²) < 4.78 is 0. The molecule has 1 saturated carbocycles. The summed E-state index contributed by atoms with van der Waals surface area (Å²) in [6.07, 6.45) is 9.20. The van der Waals surface area contributed by atoms with Crippen LogP contribution >= 0.6 is 0 Å². The Morgan fingerprint density at radius 3 is 2.24 bits per heavy atom. The highest BCUT2D eigenvalue weighted by atomic mass is 16.3. The number of anilines is 1. The molecular formula is C34H44N4O4. The van der Waals surface area contributed by atoms with Gasteiger partial charge >= 0.3 is 0 Å². The Kier molecular flexibility index (Phi) is 8.52. The highest BCUT2D eigenvalue weighted by Crippen LogP contribution is 2.40. The Hall–Kier alpha value is -3.39. The van der Waals surface area contributed by atoms with Gasteiger partial charge < -0.3 is 24.7 Å². The van der Waals surface area contributed by atoms with Crippen molar-refractivity contribution in [3.8, 4) is 0 Å². The molecule has 1 aliphatic carbocycles. The number of piperidine rings is 2. The highest BCUT2D eigenvalue weighted by Gasteiger charge is 2.54. The summed E-state index contributed by atoms with van der Waals surface area (Å²) in [7, 11) is 0. The average molecular weight is 573 g/mol. The van der Waals surface area contributed by atoms with E-state index in [4.69, 9.17) is 0 Å². The van der Waals surface area contributed by atoms with E-state index in [0.717, 1.165) is 18.5 Å². The summed E-state index contributed by atoms with van der Waals surface area (Å²) in [4.78, 5) is 48.4. The van der Waals surface area contributed by atoms with Crippen molar-refractivity contribution in [1.82, 2.24) is 14.7 Å². The molecule has 2 aromatic rings. The van der Waals surface area contributed by atoms with E-state index in [1.165, 1.54) is 37.7 Å². The van der Waals surface area contributed by atoms with Crippen LogP contribution in [0.25, 0.3) is 0 Å². The maximum absolute atomic E-state index is 14.1. The van der Waals surface area contributed by atoms with Gasteiger partial charge in [-0.15, -0.1) is 0 Å². The Labute approximate surface area is 249 Å². The Morgan fingerprint density at radius 1 is 0.833 bits per heavy atom. The SMILES string of the molecule is O=C(CN1CN(c2ccccc2)C2(CCN(C(=O)c3ccc(C4CCCCC4)cc3)CC2)C1=O)N1CCCC(CO)C1. The molecule has 1 N–H and O–H groups in total. The maximum atomic E-state index is 14.1. The minimum Gasteiger partial charge on any atom is -0.396 e. The van der Waals surface area contributed by atoms with Gasteiger partial charge in [0.15, 0.2) is 0 Å². The average Bonchev–Trinajstić information content (AvgIpc) is 3.31. The molecule has 8 heteroatoms. The molecule has 224 valence electrons. The molecule has 3 heterocycles. The van der Waals surface area contributed by atoms with Crippen molar-refractivity contribution in [3.05, 3.63) is 65.7 Å². The molecule has 8 nitrogen and oxygen atoms in total. The zero-order valence-electron chi connectivity index (χ0n) is 24.6. The van der Waals surface area contributed by atoms with Crippen molar-refractivity contribution in [3.63, 3.8) is 0 Å². The maximum Gasteiger partial charge on any atom is 0.253 e. The lowest BCUT2D eigenvalue weighted by Crippen LogP contribution is -2.57. The van der Waals surface area contributed by atoms with Crippen LogP contribution in [0.4, 0.5) is 5.69 Å². The summed E-state index contributed by atoms with van der Waals surface area (Å²) in [5, 5.41) is 9.61. The van der Waals surface area contributed by atoms with E-state index >= 15 is 0 Å². The van der Waals surface area contributed by atoms with Gasteiger partial charge in [-0.1, -0.05) is 49.6 Å². The molecule has 1 unspecified atom stereocenters. The van der Waals surface area contributed by atoms with Crippen LogP contribution in [-0.4, -0.2) is 89.1 Å². The molecule has 6 rings (SSSR count). The number of benzene rings is 2. The third-order valence-corrected chi connectivity index (χ3v) is 10.2. The monoisotopic (exact) mass is 572 g/mol. The summed E-state index contributed by atoms with van der Waals surface area (Å²) in [6.45, 7) is 2.67. The molecule has 42 heavy (non-hydrogen) atoms. The van der Waals surface area contributed by atoms with E-state index in [1.54, 1.807) is 9.80 Å². The van der Waals surface area contributed by atoms with Gasteiger partial charge in [-0.25, -0.2) is 0 Å². The fourth-order valence-corrected chi connectivity index (χ4v) is 7.62. The standard InChI is InChI=1S/C34H44N4O4/c39-24-26-8-7-19-36(22-26)31(40)23-37-25-38(30-11-5-2-6-12-30)34(33(37)42)17-20-35(21-18-34)32(41)29-15-13-28(14-16-29)27-9-3-1-4-10-27/h2,5-6,11-16,26-27,39H,1,3-4,7-10,17-25H2. The van der Waals surface area contributed by atoms with Gasteiger partial charge in [0.05, 0.1) is 6.67 Å². The quantitative estimate of drug-likeness (QED) is 0.560. The van der Waals surface area contributed by atoms with E-state index in [1.807, 2.05) is 47.4 Å². The van der Waals surface area contributed by atoms with E-state index in [2.05, 4.69) is 17.0 Å². The first-order valence-corrected chi connectivity index (χ1v) is 15.9. The number of carbonyl (C=O) groups is 3. The zero-order chi connectivity index (χ0) is 29.1. The first-order chi connectivity index (χ1) is 20.5. The second kappa shape index (κ2) is 12.5.